The zero-order valence-corrected chi connectivity index (χ0v) is 11.8. The molecule has 106 valence electrons. The molecule has 2 heterocycles. The molecule has 6 heteroatoms. The molecule has 0 atom stereocenters. The maximum atomic E-state index is 5.21. The number of pyridine rings is 1. The number of rotatable bonds is 5. The van der Waals surface area contributed by atoms with Crippen molar-refractivity contribution in [3.8, 4) is 0 Å². The molecule has 0 aliphatic carbocycles. The van der Waals surface area contributed by atoms with E-state index in [0.29, 0.717) is 19.0 Å². The Morgan fingerprint density at radius 1 is 1.25 bits per heavy atom. The standard InChI is InChI=1S/C14H19N5O/c1-3-11-8-13(20-19-11)10-18-14(15-2)17-9-12-6-4-5-7-16-12/h4-8H,3,9-10H2,1-2H3,(H2,15,17,18). The Bertz CT molecular complexity index is 550. The van der Waals surface area contributed by atoms with Crippen molar-refractivity contribution in [3.63, 3.8) is 0 Å². The van der Waals surface area contributed by atoms with Crippen LogP contribution >= 0.6 is 0 Å². The lowest BCUT2D eigenvalue weighted by Crippen LogP contribution is -2.36. The predicted octanol–water partition coefficient (Wildman–Crippen LogP) is 1.50. The van der Waals surface area contributed by atoms with Crippen LogP contribution in [0.15, 0.2) is 40.0 Å². The summed E-state index contributed by atoms with van der Waals surface area (Å²) in [6.45, 7) is 3.22. The fourth-order valence-electron chi connectivity index (χ4n) is 1.67. The molecular weight excluding hydrogens is 254 g/mol. The van der Waals surface area contributed by atoms with Crippen LogP contribution in [0.5, 0.6) is 0 Å². The smallest absolute Gasteiger partial charge is 0.191 e. The minimum Gasteiger partial charge on any atom is -0.359 e. The van der Waals surface area contributed by atoms with Gasteiger partial charge in [-0.05, 0) is 18.6 Å². The van der Waals surface area contributed by atoms with E-state index >= 15 is 0 Å². The van der Waals surface area contributed by atoms with Crippen LogP contribution in [0.2, 0.25) is 0 Å². The van der Waals surface area contributed by atoms with Gasteiger partial charge in [0.2, 0.25) is 0 Å². The van der Waals surface area contributed by atoms with Crippen molar-refractivity contribution < 1.29 is 4.52 Å². The normalized spacial score (nSPS) is 11.4. The van der Waals surface area contributed by atoms with Gasteiger partial charge in [-0.1, -0.05) is 18.1 Å². The molecular formula is C14H19N5O. The van der Waals surface area contributed by atoms with Crippen LogP contribution in [0.3, 0.4) is 0 Å². The van der Waals surface area contributed by atoms with Gasteiger partial charge in [-0.3, -0.25) is 9.98 Å². The van der Waals surface area contributed by atoms with Gasteiger partial charge in [0.1, 0.15) is 0 Å². The van der Waals surface area contributed by atoms with Crippen LogP contribution < -0.4 is 10.6 Å². The zero-order valence-electron chi connectivity index (χ0n) is 11.8. The molecule has 0 bridgehead atoms. The Labute approximate surface area is 118 Å². The molecule has 0 aliphatic heterocycles. The minimum atomic E-state index is 0.550. The highest BCUT2D eigenvalue weighted by Gasteiger charge is 2.04. The van der Waals surface area contributed by atoms with Crippen molar-refractivity contribution >= 4 is 5.96 Å². The number of aliphatic imine (C=N–C) groups is 1. The quantitative estimate of drug-likeness (QED) is 0.638. The van der Waals surface area contributed by atoms with Gasteiger partial charge in [-0.2, -0.15) is 0 Å². The number of nitrogens with one attached hydrogen (secondary N) is 2. The van der Waals surface area contributed by atoms with Crippen LogP contribution in [0.1, 0.15) is 24.1 Å². The topological polar surface area (TPSA) is 75.3 Å². The molecule has 0 aliphatic rings. The van der Waals surface area contributed by atoms with E-state index in [1.807, 2.05) is 31.2 Å². The third-order valence-electron chi connectivity index (χ3n) is 2.79. The average molecular weight is 273 g/mol. The molecule has 0 radical (unpaired) electrons. The van der Waals surface area contributed by atoms with Crippen molar-refractivity contribution in [1.29, 1.82) is 0 Å². The average Bonchev–Trinajstić information content (AvgIpc) is 2.96. The molecule has 2 aromatic heterocycles. The van der Waals surface area contributed by atoms with Gasteiger partial charge in [-0.15, -0.1) is 0 Å². The summed E-state index contributed by atoms with van der Waals surface area (Å²) in [6.07, 6.45) is 2.64. The lowest BCUT2D eigenvalue weighted by atomic mass is 10.3. The van der Waals surface area contributed by atoms with E-state index in [4.69, 9.17) is 4.52 Å². The highest BCUT2D eigenvalue weighted by Crippen LogP contribution is 2.03. The molecule has 2 aromatic rings. The Balaban J connectivity index is 1.81. The van der Waals surface area contributed by atoms with Crippen molar-refractivity contribution in [2.75, 3.05) is 7.05 Å². The highest BCUT2D eigenvalue weighted by atomic mass is 16.5. The lowest BCUT2D eigenvalue weighted by Gasteiger charge is -2.10. The van der Waals surface area contributed by atoms with Crippen molar-refractivity contribution in [2.45, 2.75) is 26.4 Å². The second-order valence-corrected chi connectivity index (χ2v) is 4.24. The molecule has 0 saturated heterocycles. The monoisotopic (exact) mass is 273 g/mol. The van der Waals surface area contributed by atoms with E-state index in [2.05, 4.69) is 25.8 Å². The van der Waals surface area contributed by atoms with E-state index in [1.165, 1.54) is 0 Å². The molecule has 0 fully saturated rings. The molecule has 2 rings (SSSR count). The van der Waals surface area contributed by atoms with Gasteiger partial charge in [0.05, 0.1) is 24.5 Å². The van der Waals surface area contributed by atoms with E-state index in [9.17, 15) is 0 Å². The Morgan fingerprint density at radius 3 is 2.75 bits per heavy atom. The molecule has 0 aromatic carbocycles. The predicted molar refractivity (Wildman–Crippen MR) is 77.2 cm³/mol. The summed E-state index contributed by atoms with van der Waals surface area (Å²) in [6, 6.07) is 7.76. The van der Waals surface area contributed by atoms with Crippen molar-refractivity contribution in [1.82, 2.24) is 20.8 Å². The van der Waals surface area contributed by atoms with E-state index in [-0.39, 0.29) is 0 Å². The minimum absolute atomic E-state index is 0.550. The number of hydrogen-bond acceptors (Lipinski definition) is 4. The SMILES string of the molecule is CCc1cc(CNC(=NC)NCc2ccccn2)on1. The summed E-state index contributed by atoms with van der Waals surface area (Å²) in [5, 5.41) is 10.3. The number of aryl methyl sites for hydroxylation is 1. The van der Waals surface area contributed by atoms with E-state index < -0.39 is 0 Å². The number of nitrogens with zero attached hydrogens (tertiary/aromatic N) is 3. The van der Waals surface area contributed by atoms with Gasteiger partial charge in [0, 0.05) is 19.3 Å². The van der Waals surface area contributed by atoms with Crippen LogP contribution in [-0.2, 0) is 19.5 Å². The first-order chi connectivity index (χ1) is 9.81. The number of hydrogen-bond donors (Lipinski definition) is 2. The summed E-state index contributed by atoms with van der Waals surface area (Å²) in [5.41, 5.74) is 1.92. The summed E-state index contributed by atoms with van der Waals surface area (Å²) < 4.78 is 5.21. The van der Waals surface area contributed by atoms with Gasteiger partial charge in [-0.25, -0.2) is 0 Å². The second-order valence-electron chi connectivity index (χ2n) is 4.24. The number of aromatic nitrogens is 2. The summed E-state index contributed by atoms with van der Waals surface area (Å²) >= 11 is 0. The fourth-order valence-corrected chi connectivity index (χ4v) is 1.67. The van der Waals surface area contributed by atoms with Gasteiger partial charge in [0.15, 0.2) is 11.7 Å². The first-order valence-corrected chi connectivity index (χ1v) is 6.60. The van der Waals surface area contributed by atoms with Crippen LogP contribution in [0, 0.1) is 0 Å². The molecule has 6 nitrogen and oxygen atoms in total. The van der Waals surface area contributed by atoms with Crippen molar-refractivity contribution in [2.24, 2.45) is 4.99 Å². The van der Waals surface area contributed by atoms with Crippen LogP contribution in [0.25, 0.3) is 0 Å². The highest BCUT2D eigenvalue weighted by molar-refractivity contribution is 5.79. The molecule has 0 unspecified atom stereocenters. The van der Waals surface area contributed by atoms with Gasteiger partial charge < -0.3 is 15.2 Å². The summed E-state index contributed by atoms with van der Waals surface area (Å²) in [7, 11) is 1.73. The Kier molecular flexibility index (Phi) is 5.11. The third-order valence-corrected chi connectivity index (χ3v) is 2.79. The Morgan fingerprint density at radius 2 is 2.10 bits per heavy atom. The Hall–Kier alpha value is -2.37. The number of guanidine groups is 1. The van der Waals surface area contributed by atoms with Gasteiger partial charge in [0.25, 0.3) is 0 Å². The maximum absolute atomic E-state index is 5.21. The second kappa shape index (κ2) is 7.28. The third kappa shape index (κ3) is 4.08. The molecule has 0 saturated carbocycles. The largest absolute Gasteiger partial charge is 0.359 e. The maximum Gasteiger partial charge on any atom is 0.191 e. The van der Waals surface area contributed by atoms with Crippen LogP contribution in [0.4, 0.5) is 0 Å². The zero-order chi connectivity index (χ0) is 14.2. The fraction of sp³-hybridized carbons (Fsp3) is 0.357. The van der Waals surface area contributed by atoms with Crippen LogP contribution in [-0.4, -0.2) is 23.1 Å². The molecule has 2 N–H and O–H groups in total. The first kappa shape index (κ1) is 14.0. The summed E-state index contributed by atoms with van der Waals surface area (Å²) in [4.78, 5) is 8.39. The van der Waals surface area contributed by atoms with E-state index in [0.717, 1.165) is 23.6 Å². The molecule has 0 spiro atoms. The van der Waals surface area contributed by atoms with Gasteiger partial charge >= 0.3 is 0 Å². The first-order valence-electron chi connectivity index (χ1n) is 6.60. The van der Waals surface area contributed by atoms with Crippen molar-refractivity contribution in [3.05, 3.63) is 47.6 Å². The summed E-state index contributed by atoms with van der Waals surface area (Å²) in [5.74, 6) is 1.49. The molecule has 0 amide bonds. The van der Waals surface area contributed by atoms with E-state index in [1.54, 1.807) is 13.2 Å². The lowest BCUT2D eigenvalue weighted by molar-refractivity contribution is 0.374. The molecule has 20 heavy (non-hydrogen) atoms.